The van der Waals surface area contributed by atoms with E-state index in [4.69, 9.17) is 17.3 Å². The average molecular weight is 327 g/mol. The standard InChI is InChI=1S/C11H13ClF2N2O3S/c12-9-5-8(1-2-10(9)19-11(13)14)20(17,18)16-4-3-7(15)6-16/h1-2,5,7,11H,3-4,6,15H2. The van der Waals surface area contributed by atoms with Gasteiger partial charge in [0.25, 0.3) is 0 Å². The van der Waals surface area contributed by atoms with Crippen LogP contribution in [0.4, 0.5) is 8.78 Å². The highest BCUT2D eigenvalue weighted by Crippen LogP contribution is 2.30. The molecule has 0 amide bonds. The first-order valence-electron chi connectivity index (χ1n) is 5.81. The molecule has 0 aliphatic carbocycles. The van der Waals surface area contributed by atoms with Crippen molar-refractivity contribution in [3.63, 3.8) is 0 Å². The van der Waals surface area contributed by atoms with Crippen molar-refractivity contribution >= 4 is 21.6 Å². The van der Waals surface area contributed by atoms with Crippen molar-refractivity contribution in [3.8, 4) is 5.75 Å². The minimum absolute atomic E-state index is 0.0711. The zero-order valence-electron chi connectivity index (χ0n) is 10.3. The van der Waals surface area contributed by atoms with Crippen LogP contribution >= 0.6 is 11.6 Å². The molecule has 1 aromatic rings. The Kier molecular flexibility index (Phi) is 4.48. The zero-order chi connectivity index (χ0) is 14.9. The van der Waals surface area contributed by atoms with E-state index in [1.54, 1.807) is 0 Å². The molecule has 1 saturated heterocycles. The minimum atomic E-state index is -3.71. The van der Waals surface area contributed by atoms with E-state index in [1.165, 1.54) is 10.4 Å². The average Bonchev–Trinajstić information content (AvgIpc) is 2.78. The van der Waals surface area contributed by atoms with Gasteiger partial charge in [0.2, 0.25) is 10.0 Å². The summed E-state index contributed by atoms with van der Waals surface area (Å²) in [6, 6.07) is 3.19. The number of halogens is 3. The van der Waals surface area contributed by atoms with Crippen molar-refractivity contribution in [2.45, 2.75) is 24.0 Å². The molecule has 20 heavy (non-hydrogen) atoms. The Balaban J connectivity index is 2.27. The number of rotatable bonds is 4. The number of ether oxygens (including phenoxy) is 1. The molecule has 5 nitrogen and oxygen atoms in total. The third-order valence-corrected chi connectivity index (χ3v) is 5.10. The number of hydrogen-bond acceptors (Lipinski definition) is 4. The summed E-state index contributed by atoms with van der Waals surface area (Å²) in [5.41, 5.74) is 5.67. The molecule has 1 atom stereocenters. The molecule has 2 rings (SSSR count). The smallest absolute Gasteiger partial charge is 0.387 e. The Bertz CT molecular complexity index is 597. The fraction of sp³-hybridized carbons (Fsp3) is 0.455. The third kappa shape index (κ3) is 3.20. The largest absolute Gasteiger partial charge is 0.433 e. The van der Waals surface area contributed by atoms with Gasteiger partial charge in [-0.05, 0) is 24.6 Å². The topological polar surface area (TPSA) is 72.6 Å². The number of hydrogen-bond donors (Lipinski definition) is 1. The number of nitrogens with two attached hydrogens (primary N) is 1. The molecule has 9 heteroatoms. The predicted octanol–water partition coefficient (Wildman–Crippen LogP) is 1.66. The molecule has 1 unspecified atom stereocenters. The molecule has 0 spiro atoms. The van der Waals surface area contributed by atoms with Gasteiger partial charge in [0.05, 0.1) is 9.92 Å². The van der Waals surface area contributed by atoms with E-state index in [0.29, 0.717) is 13.0 Å². The second-order valence-electron chi connectivity index (χ2n) is 4.38. The summed E-state index contributed by atoms with van der Waals surface area (Å²) in [6.45, 7) is -2.46. The van der Waals surface area contributed by atoms with Crippen LogP contribution in [0.2, 0.25) is 5.02 Å². The van der Waals surface area contributed by atoms with Crippen LogP contribution in [0.25, 0.3) is 0 Å². The van der Waals surface area contributed by atoms with Gasteiger partial charge >= 0.3 is 6.61 Å². The van der Waals surface area contributed by atoms with Crippen molar-refractivity contribution < 1.29 is 21.9 Å². The summed E-state index contributed by atoms with van der Waals surface area (Å²) in [5, 5.41) is -0.185. The van der Waals surface area contributed by atoms with Gasteiger partial charge < -0.3 is 10.5 Å². The van der Waals surface area contributed by atoms with Crippen molar-refractivity contribution in [2.75, 3.05) is 13.1 Å². The molecule has 1 aliphatic heterocycles. The Morgan fingerprint density at radius 3 is 2.65 bits per heavy atom. The lowest BCUT2D eigenvalue weighted by Gasteiger charge is -2.16. The van der Waals surface area contributed by atoms with Gasteiger partial charge in [0, 0.05) is 19.1 Å². The lowest BCUT2D eigenvalue weighted by Crippen LogP contribution is -2.31. The highest BCUT2D eigenvalue weighted by atomic mass is 35.5. The van der Waals surface area contributed by atoms with Crippen molar-refractivity contribution in [1.29, 1.82) is 0 Å². The van der Waals surface area contributed by atoms with Gasteiger partial charge in [0.15, 0.2) is 0 Å². The van der Waals surface area contributed by atoms with Crippen LogP contribution in [0.5, 0.6) is 5.75 Å². The van der Waals surface area contributed by atoms with E-state index in [9.17, 15) is 17.2 Å². The van der Waals surface area contributed by atoms with Gasteiger partial charge in [-0.1, -0.05) is 11.6 Å². The summed E-state index contributed by atoms with van der Waals surface area (Å²) in [4.78, 5) is -0.0711. The number of sulfonamides is 1. The summed E-state index contributed by atoms with van der Waals surface area (Å²) in [6.07, 6.45) is 0.583. The fourth-order valence-corrected chi connectivity index (χ4v) is 3.78. The summed E-state index contributed by atoms with van der Waals surface area (Å²) < 4.78 is 54.2. The quantitative estimate of drug-likeness (QED) is 0.913. The molecule has 0 bridgehead atoms. The molecule has 1 aromatic carbocycles. The summed E-state index contributed by atoms with van der Waals surface area (Å²) >= 11 is 5.75. The van der Waals surface area contributed by atoms with Crippen LogP contribution in [0.15, 0.2) is 23.1 Å². The Morgan fingerprint density at radius 2 is 2.15 bits per heavy atom. The summed E-state index contributed by atoms with van der Waals surface area (Å²) in [5.74, 6) is -0.265. The zero-order valence-corrected chi connectivity index (χ0v) is 11.9. The Morgan fingerprint density at radius 1 is 1.45 bits per heavy atom. The van der Waals surface area contributed by atoms with Crippen LogP contribution in [0, 0.1) is 0 Å². The molecule has 112 valence electrons. The van der Waals surface area contributed by atoms with Crippen LogP contribution in [0.1, 0.15) is 6.42 Å². The molecule has 1 aliphatic rings. The molecule has 0 radical (unpaired) electrons. The van der Waals surface area contributed by atoms with Gasteiger partial charge in [-0.2, -0.15) is 13.1 Å². The first-order valence-corrected chi connectivity index (χ1v) is 7.62. The molecule has 1 heterocycles. The first-order chi connectivity index (χ1) is 9.30. The van der Waals surface area contributed by atoms with Crippen LogP contribution in [-0.2, 0) is 10.0 Å². The maximum atomic E-state index is 12.3. The van der Waals surface area contributed by atoms with Crippen LogP contribution in [0.3, 0.4) is 0 Å². The van der Waals surface area contributed by atoms with Crippen molar-refractivity contribution in [3.05, 3.63) is 23.2 Å². The summed E-state index contributed by atoms with van der Waals surface area (Å²) in [7, 11) is -3.71. The number of benzene rings is 1. The molecule has 0 aromatic heterocycles. The van der Waals surface area contributed by atoms with Crippen molar-refractivity contribution in [2.24, 2.45) is 5.73 Å². The first kappa shape index (κ1) is 15.4. The maximum absolute atomic E-state index is 12.3. The van der Waals surface area contributed by atoms with Gasteiger partial charge in [0.1, 0.15) is 5.75 Å². The van der Waals surface area contributed by atoms with E-state index in [2.05, 4.69) is 4.74 Å². The molecular weight excluding hydrogens is 314 g/mol. The van der Waals surface area contributed by atoms with E-state index >= 15 is 0 Å². The molecule has 2 N–H and O–H groups in total. The highest BCUT2D eigenvalue weighted by Gasteiger charge is 2.31. The van der Waals surface area contributed by atoms with E-state index in [0.717, 1.165) is 12.1 Å². The monoisotopic (exact) mass is 326 g/mol. The normalized spacial score (nSPS) is 20.6. The molecular formula is C11H13ClF2N2O3S. The van der Waals surface area contributed by atoms with Crippen LogP contribution in [-0.4, -0.2) is 38.5 Å². The van der Waals surface area contributed by atoms with Crippen LogP contribution < -0.4 is 10.5 Å². The number of nitrogens with zero attached hydrogens (tertiary/aromatic N) is 1. The van der Waals surface area contributed by atoms with Gasteiger partial charge in [-0.25, -0.2) is 8.42 Å². The van der Waals surface area contributed by atoms with Gasteiger partial charge in [-0.15, -0.1) is 0 Å². The van der Waals surface area contributed by atoms with Crippen molar-refractivity contribution in [1.82, 2.24) is 4.31 Å². The number of alkyl halides is 2. The van der Waals surface area contributed by atoms with E-state index < -0.39 is 16.6 Å². The lowest BCUT2D eigenvalue weighted by molar-refractivity contribution is -0.0498. The highest BCUT2D eigenvalue weighted by molar-refractivity contribution is 7.89. The minimum Gasteiger partial charge on any atom is -0.433 e. The fourth-order valence-electron chi connectivity index (χ4n) is 1.95. The predicted molar refractivity (Wildman–Crippen MR) is 69.4 cm³/mol. The maximum Gasteiger partial charge on any atom is 0.387 e. The van der Waals surface area contributed by atoms with E-state index in [-0.39, 0.29) is 28.3 Å². The van der Waals surface area contributed by atoms with Gasteiger partial charge in [-0.3, -0.25) is 0 Å². The SMILES string of the molecule is NC1CCN(S(=O)(=O)c2ccc(OC(F)F)c(Cl)c2)C1. The second-order valence-corrected chi connectivity index (χ2v) is 6.73. The third-order valence-electron chi connectivity index (χ3n) is 2.94. The Hall–Kier alpha value is -0.960. The second kappa shape index (κ2) is 5.80. The van der Waals surface area contributed by atoms with E-state index in [1.807, 2.05) is 0 Å². The molecule has 1 fully saturated rings. The molecule has 0 saturated carbocycles. The Labute approximate surface area is 120 Å². The lowest BCUT2D eigenvalue weighted by atomic mass is 10.3.